The third kappa shape index (κ3) is 14.0. The van der Waals surface area contributed by atoms with Gasteiger partial charge in [0, 0.05) is 5.33 Å². The van der Waals surface area contributed by atoms with Crippen molar-refractivity contribution >= 4 is 15.9 Å². The second-order valence-electron chi connectivity index (χ2n) is 3.97. The summed E-state index contributed by atoms with van der Waals surface area (Å²) in [6.45, 7) is 3.65. The quantitative estimate of drug-likeness (QED) is 0.260. The molecule has 0 spiro atoms. The molecule has 0 radical (unpaired) electrons. The second-order valence-corrected chi connectivity index (χ2v) is 4.76. The normalized spacial score (nSPS) is 11.0. The maximum absolute atomic E-state index is 3.65. The lowest BCUT2D eigenvalue weighted by atomic mass is 10.1. The van der Waals surface area contributed by atoms with Crippen molar-refractivity contribution in [2.24, 2.45) is 0 Å². The highest BCUT2D eigenvalue weighted by molar-refractivity contribution is 9.09. The minimum Gasteiger partial charge on any atom is -0.0991 e. The molecule has 0 aromatic rings. The molecule has 0 aliphatic rings. The molecule has 0 N–H and O–H groups in total. The summed E-state index contributed by atoms with van der Waals surface area (Å²) in [5.41, 5.74) is 0. The largest absolute Gasteiger partial charge is 0.0991 e. The van der Waals surface area contributed by atoms with Crippen molar-refractivity contribution < 1.29 is 0 Å². The Kier molecular flexibility index (Phi) is 13.9. The minimum absolute atomic E-state index is 1.17. The fourth-order valence-corrected chi connectivity index (χ4v) is 2.01. The van der Waals surface area contributed by atoms with Crippen LogP contribution in [0.25, 0.3) is 0 Å². The van der Waals surface area contributed by atoms with Gasteiger partial charge in [-0.3, -0.25) is 0 Å². The smallest absolute Gasteiger partial charge is 0.00313 e. The van der Waals surface area contributed by atoms with E-state index in [1.165, 1.54) is 63.1 Å². The van der Waals surface area contributed by atoms with Crippen molar-refractivity contribution in [3.63, 3.8) is 0 Å². The van der Waals surface area contributed by atoms with Gasteiger partial charge in [-0.25, -0.2) is 0 Å². The lowest BCUT2D eigenvalue weighted by Gasteiger charge is -2.00. The van der Waals surface area contributed by atoms with Gasteiger partial charge in [0.2, 0.25) is 0 Å². The van der Waals surface area contributed by atoms with Crippen LogP contribution in [0.3, 0.4) is 0 Å². The zero-order valence-corrected chi connectivity index (χ0v) is 11.5. The molecule has 0 aliphatic heterocycles. The maximum Gasteiger partial charge on any atom is 0.00313 e. The second kappa shape index (κ2) is 14.0. The van der Waals surface area contributed by atoms with Crippen LogP contribution in [0.2, 0.25) is 0 Å². The van der Waals surface area contributed by atoms with Crippen LogP contribution in [0.1, 0.15) is 57.8 Å². The first-order valence-corrected chi connectivity index (χ1v) is 7.37. The van der Waals surface area contributed by atoms with Gasteiger partial charge in [-0.2, -0.15) is 0 Å². The van der Waals surface area contributed by atoms with Crippen molar-refractivity contribution in [2.75, 3.05) is 5.33 Å². The SMILES string of the molecule is C=CC=CCCCCCCCCCCBr. The summed E-state index contributed by atoms with van der Waals surface area (Å²) in [5, 5.41) is 1.17. The molecular formula is C14H25Br. The van der Waals surface area contributed by atoms with E-state index < -0.39 is 0 Å². The number of alkyl halides is 1. The van der Waals surface area contributed by atoms with Crippen molar-refractivity contribution in [2.45, 2.75) is 57.8 Å². The van der Waals surface area contributed by atoms with Gasteiger partial charge in [0.15, 0.2) is 0 Å². The summed E-state index contributed by atoms with van der Waals surface area (Å²) in [7, 11) is 0. The van der Waals surface area contributed by atoms with Crippen LogP contribution >= 0.6 is 15.9 Å². The highest BCUT2D eigenvalue weighted by Gasteiger charge is 1.90. The van der Waals surface area contributed by atoms with Crippen LogP contribution in [0.15, 0.2) is 24.8 Å². The predicted octanol–water partition coefficient (Wildman–Crippen LogP) is 5.63. The monoisotopic (exact) mass is 272 g/mol. The van der Waals surface area contributed by atoms with Crippen LogP contribution < -0.4 is 0 Å². The zero-order valence-electron chi connectivity index (χ0n) is 9.89. The van der Waals surface area contributed by atoms with E-state index >= 15 is 0 Å². The predicted molar refractivity (Wildman–Crippen MR) is 74.7 cm³/mol. The number of hydrogen-bond acceptors (Lipinski definition) is 0. The molecule has 0 heterocycles. The summed E-state index contributed by atoms with van der Waals surface area (Å²) < 4.78 is 0. The summed E-state index contributed by atoms with van der Waals surface area (Å²) in [5.74, 6) is 0. The lowest BCUT2D eigenvalue weighted by molar-refractivity contribution is 0.579. The van der Waals surface area contributed by atoms with Gasteiger partial charge >= 0.3 is 0 Å². The number of halogens is 1. The molecular weight excluding hydrogens is 248 g/mol. The Bertz CT molecular complexity index is 149. The van der Waals surface area contributed by atoms with Crippen molar-refractivity contribution in [3.05, 3.63) is 24.8 Å². The Balaban J connectivity index is 2.92. The van der Waals surface area contributed by atoms with E-state index in [1.807, 2.05) is 12.2 Å². The fraction of sp³-hybridized carbons (Fsp3) is 0.714. The molecule has 0 saturated carbocycles. The molecule has 0 fully saturated rings. The van der Waals surface area contributed by atoms with Crippen LogP contribution in [0.4, 0.5) is 0 Å². The lowest BCUT2D eigenvalue weighted by Crippen LogP contribution is -1.81. The number of unbranched alkanes of at least 4 members (excludes halogenated alkanes) is 8. The molecule has 1 heteroatoms. The van der Waals surface area contributed by atoms with E-state index in [1.54, 1.807) is 0 Å². The Morgan fingerprint density at radius 1 is 0.800 bits per heavy atom. The average Bonchev–Trinajstić information content (AvgIpc) is 2.26. The number of hydrogen-bond donors (Lipinski definition) is 0. The van der Waals surface area contributed by atoms with E-state index in [4.69, 9.17) is 0 Å². The van der Waals surface area contributed by atoms with Crippen molar-refractivity contribution in [1.82, 2.24) is 0 Å². The molecule has 0 rings (SSSR count). The number of allylic oxidation sites excluding steroid dienone is 3. The Morgan fingerprint density at radius 2 is 1.33 bits per heavy atom. The molecule has 0 amide bonds. The molecule has 0 saturated heterocycles. The maximum atomic E-state index is 3.65. The highest BCUT2D eigenvalue weighted by Crippen LogP contribution is 2.10. The summed E-state index contributed by atoms with van der Waals surface area (Å²) >= 11 is 3.46. The molecule has 15 heavy (non-hydrogen) atoms. The average molecular weight is 273 g/mol. The molecule has 0 bridgehead atoms. The van der Waals surface area contributed by atoms with Gasteiger partial charge in [-0.05, 0) is 19.3 Å². The third-order valence-corrected chi connectivity index (χ3v) is 3.09. The van der Waals surface area contributed by atoms with Crippen molar-refractivity contribution in [3.8, 4) is 0 Å². The van der Waals surface area contributed by atoms with E-state index in [0.717, 1.165) is 0 Å². The first-order chi connectivity index (χ1) is 7.41. The Hall–Kier alpha value is -0.0400. The van der Waals surface area contributed by atoms with E-state index in [0.29, 0.717) is 0 Å². The molecule has 88 valence electrons. The molecule has 0 aromatic heterocycles. The highest BCUT2D eigenvalue weighted by atomic mass is 79.9. The van der Waals surface area contributed by atoms with Gasteiger partial charge in [-0.1, -0.05) is 79.3 Å². The fourth-order valence-electron chi connectivity index (χ4n) is 1.61. The van der Waals surface area contributed by atoms with Gasteiger partial charge < -0.3 is 0 Å². The van der Waals surface area contributed by atoms with Gasteiger partial charge in [0.25, 0.3) is 0 Å². The topological polar surface area (TPSA) is 0 Å². The minimum atomic E-state index is 1.17. The van der Waals surface area contributed by atoms with Crippen LogP contribution in [-0.4, -0.2) is 5.33 Å². The van der Waals surface area contributed by atoms with Gasteiger partial charge in [-0.15, -0.1) is 0 Å². The standard InChI is InChI=1S/C14H25Br/c1-2-3-4-5-6-7-8-9-10-11-12-13-14-15/h2-4H,1,5-14H2. The van der Waals surface area contributed by atoms with Crippen molar-refractivity contribution in [1.29, 1.82) is 0 Å². The Morgan fingerprint density at radius 3 is 1.87 bits per heavy atom. The first kappa shape index (κ1) is 15.0. The molecule has 0 aromatic carbocycles. The molecule has 0 unspecified atom stereocenters. The first-order valence-electron chi connectivity index (χ1n) is 6.25. The van der Waals surface area contributed by atoms with E-state index in [2.05, 4.69) is 28.6 Å². The van der Waals surface area contributed by atoms with E-state index in [-0.39, 0.29) is 0 Å². The van der Waals surface area contributed by atoms with Crippen LogP contribution in [0, 0.1) is 0 Å². The third-order valence-electron chi connectivity index (χ3n) is 2.53. The summed E-state index contributed by atoms with van der Waals surface area (Å²) in [6.07, 6.45) is 18.5. The van der Waals surface area contributed by atoms with E-state index in [9.17, 15) is 0 Å². The molecule has 0 nitrogen and oxygen atoms in total. The van der Waals surface area contributed by atoms with Gasteiger partial charge in [0.05, 0.1) is 0 Å². The van der Waals surface area contributed by atoms with Crippen LogP contribution in [0.5, 0.6) is 0 Å². The number of rotatable bonds is 11. The summed E-state index contributed by atoms with van der Waals surface area (Å²) in [4.78, 5) is 0. The zero-order chi connectivity index (χ0) is 11.2. The molecule has 0 atom stereocenters. The molecule has 0 aliphatic carbocycles. The summed E-state index contributed by atoms with van der Waals surface area (Å²) in [6, 6.07) is 0. The van der Waals surface area contributed by atoms with Gasteiger partial charge in [0.1, 0.15) is 0 Å². The van der Waals surface area contributed by atoms with Crippen LogP contribution in [-0.2, 0) is 0 Å². The Labute approximate surface area is 104 Å².